The summed E-state index contributed by atoms with van der Waals surface area (Å²) in [6.45, 7) is 1.81. The van der Waals surface area contributed by atoms with Crippen molar-refractivity contribution in [3.63, 3.8) is 0 Å². The highest BCUT2D eigenvalue weighted by Gasteiger charge is 2.41. The molecule has 0 saturated carbocycles. The number of primary amides is 1. The zero-order valence-corrected chi connectivity index (χ0v) is 14.8. The van der Waals surface area contributed by atoms with E-state index in [0.29, 0.717) is 12.1 Å². The van der Waals surface area contributed by atoms with Crippen molar-refractivity contribution in [3.8, 4) is 0 Å². The molecule has 2 aromatic rings. The van der Waals surface area contributed by atoms with Crippen LogP contribution in [-0.2, 0) is 21.2 Å². The van der Waals surface area contributed by atoms with Crippen LogP contribution in [0.2, 0.25) is 0 Å². The van der Waals surface area contributed by atoms with E-state index in [-0.39, 0.29) is 4.90 Å². The summed E-state index contributed by atoms with van der Waals surface area (Å²) in [5, 5.41) is 0. The van der Waals surface area contributed by atoms with E-state index in [1.165, 1.54) is 6.07 Å². The predicted octanol–water partition coefficient (Wildman–Crippen LogP) is 2.36. The number of hydrogen-bond donors (Lipinski definition) is 1. The van der Waals surface area contributed by atoms with Gasteiger partial charge in [0.05, 0.1) is 10.6 Å². The second-order valence-electron chi connectivity index (χ2n) is 5.46. The fourth-order valence-electron chi connectivity index (χ4n) is 2.76. The fourth-order valence-corrected chi connectivity index (χ4v) is 4.75. The average Bonchev–Trinajstić information content (AvgIpc) is 2.90. The van der Waals surface area contributed by atoms with Gasteiger partial charge in [-0.05, 0) is 42.3 Å². The first-order chi connectivity index (χ1) is 10.8. The van der Waals surface area contributed by atoms with Crippen molar-refractivity contribution < 1.29 is 13.2 Å². The minimum atomic E-state index is -3.87. The molecule has 2 aromatic carbocycles. The second kappa shape index (κ2) is 5.65. The number of anilines is 1. The van der Waals surface area contributed by atoms with E-state index in [2.05, 4.69) is 15.9 Å². The maximum absolute atomic E-state index is 13.1. The van der Waals surface area contributed by atoms with Gasteiger partial charge in [0.25, 0.3) is 10.0 Å². The van der Waals surface area contributed by atoms with Crippen molar-refractivity contribution in [1.82, 2.24) is 0 Å². The number of nitrogens with zero attached hydrogens (tertiary/aromatic N) is 1. The molecule has 0 aliphatic carbocycles. The van der Waals surface area contributed by atoms with E-state index in [9.17, 15) is 13.2 Å². The van der Waals surface area contributed by atoms with Crippen LogP contribution in [-0.4, -0.2) is 20.4 Å². The maximum Gasteiger partial charge on any atom is 0.265 e. The van der Waals surface area contributed by atoms with Crippen LogP contribution < -0.4 is 10.0 Å². The van der Waals surface area contributed by atoms with E-state index >= 15 is 0 Å². The van der Waals surface area contributed by atoms with Gasteiger partial charge in [0.1, 0.15) is 6.04 Å². The number of para-hydroxylation sites is 1. The molecule has 0 aromatic heterocycles. The molecule has 0 fully saturated rings. The number of sulfonamides is 1. The number of fused-ring (bicyclic) bond motifs is 1. The van der Waals surface area contributed by atoms with E-state index in [1.807, 2.05) is 19.1 Å². The number of carbonyl (C=O) groups is 1. The lowest BCUT2D eigenvalue weighted by Crippen LogP contribution is -2.45. The average molecular weight is 395 g/mol. The summed E-state index contributed by atoms with van der Waals surface area (Å²) in [6, 6.07) is 11.0. The number of amides is 1. The lowest BCUT2D eigenvalue weighted by molar-refractivity contribution is -0.118. The van der Waals surface area contributed by atoms with Gasteiger partial charge in [-0.2, -0.15) is 0 Å². The lowest BCUT2D eigenvalue weighted by Gasteiger charge is -2.25. The summed E-state index contributed by atoms with van der Waals surface area (Å²) < 4.78 is 28.1. The highest BCUT2D eigenvalue weighted by atomic mass is 79.9. The zero-order chi connectivity index (χ0) is 16.8. The number of rotatable bonds is 3. The Morgan fingerprint density at radius 3 is 2.61 bits per heavy atom. The van der Waals surface area contributed by atoms with E-state index in [1.54, 1.807) is 24.3 Å². The normalized spacial score (nSPS) is 17.1. The lowest BCUT2D eigenvalue weighted by atomic mass is 10.1. The smallest absolute Gasteiger partial charge is 0.265 e. The van der Waals surface area contributed by atoms with Gasteiger partial charge in [0.2, 0.25) is 5.91 Å². The Bertz CT molecular complexity index is 896. The molecule has 23 heavy (non-hydrogen) atoms. The first kappa shape index (κ1) is 16.0. The quantitative estimate of drug-likeness (QED) is 0.867. The molecule has 0 unspecified atom stereocenters. The Labute approximate surface area is 143 Å². The summed E-state index contributed by atoms with van der Waals surface area (Å²) in [5.74, 6) is -0.654. The Morgan fingerprint density at radius 2 is 1.96 bits per heavy atom. The third-order valence-corrected chi connectivity index (χ3v) is 6.65. The molecule has 0 radical (unpaired) electrons. The zero-order valence-electron chi connectivity index (χ0n) is 12.4. The van der Waals surface area contributed by atoms with Crippen LogP contribution in [0.1, 0.15) is 11.1 Å². The van der Waals surface area contributed by atoms with Crippen LogP contribution in [0.5, 0.6) is 0 Å². The largest absolute Gasteiger partial charge is 0.368 e. The minimum absolute atomic E-state index is 0.140. The van der Waals surface area contributed by atoms with Gasteiger partial charge >= 0.3 is 0 Å². The summed E-state index contributed by atoms with van der Waals surface area (Å²) >= 11 is 3.36. The van der Waals surface area contributed by atoms with Gasteiger partial charge in [-0.1, -0.05) is 34.1 Å². The van der Waals surface area contributed by atoms with Gasteiger partial charge in [-0.3, -0.25) is 9.10 Å². The van der Waals surface area contributed by atoms with Crippen LogP contribution in [0, 0.1) is 6.92 Å². The molecule has 5 nitrogen and oxygen atoms in total. The number of benzene rings is 2. The first-order valence-corrected chi connectivity index (χ1v) is 9.23. The molecule has 1 atom stereocenters. The van der Waals surface area contributed by atoms with E-state index < -0.39 is 22.0 Å². The SMILES string of the molecule is Cc1cc(S(=O)(=O)N2c3ccccc3C[C@H]2C(N)=O)ccc1Br. The monoisotopic (exact) mass is 394 g/mol. The summed E-state index contributed by atoms with van der Waals surface area (Å²) in [6.07, 6.45) is 0.292. The van der Waals surface area contributed by atoms with Crippen LogP contribution in [0.15, 0.2) is 51.8 Å². The standard InChI is InChI=1S/C16H15BrN2O3S/c1-10-8-12(6-7-13(10)17)23(21,22)19-14-5-3-2-4-11(14)9-15(19)16(18)20/h2-8,15H,9H2,1H3,(H2,18,20)/t15-/m0/s1. The van der Waals surface area contributed by atoms with Crippen molar-refractivity contribution in [2.75, 3.05) is 4.31 Å². The molecule has 0 saturated heterocycles. The molecule has 1 heterocycles. The van der Waals surface area contributed by atoms with E-state index in [4.69, 9.17) is 5.73 Å². The van der Waals surface area contributed by atoms with Crippen LogP contribution in [0.25, 0.3) is 0 Å². The molecule has 3 rings (SSSR count). The molecule has 7 heteroatoms. The summed E-state index contributed by atoms with van der Waals surface area (Å²) in [4.78, 5) is 11.9. The summed E-state index contributed by atoms with van der Waals surface area (Å²) in [5.41, 5.74) is 7.55. The number of hydrogen-bond acceptors (Lipinski definition) is 3. The van der Waals surface area contributed by atoms with Gasteiger partial charge in [-0.15, -0.1) is 0 Å². The highest BCUT2D eigenvalue weighted by molar-refractivity contribution is 9.10. The second-order valence-corrected chi connectivity index (χ2v) is 8.13. The Balaban J connectivity index is 2.16. The molecule has 120 valence electrons. The third-order valence-electron chi connectivity index (χ3n) is 3.94. The molecule has 0 bridgehead atoms. The molecule has 1 amide bonds. The Hall–Kier alpha value is -1.86. The van der Waals surface area contributed by atoms with Crippen molar-refractivity contribution in [3.05, 3.63) is 58.1 Å². The minimum Gasteiger partial charge on any atom is -0.368 e. The first-order valence-electron chi connectivity index (χ1n) is 7.00. The molecule has 1 aliphatic rings. The van der Waals surface area contributed by atoms with Crippen molar-refractivity contribution >= 4 is 37.5 Å². The van der Waals surface area contributed by atoms with Crippen molar-refractivity contribution in [2.24, 2.45) is 5.73 Å². The van der Waals surface area contributed by atoms with Crippen LogP contribution >= 0.6 is 15.9 Å². The Morgan fingerprint density at radius 1 is 1.26 bits per heavy atom. The number of carbonyl (C=O) groups excluding carboxylic acids is 1. The molecule has 2 N–H and O–H groups in total. The van der Waals surface area contributed by atoms with Gasteiger partial charge < -0.3 is 5.73 Å². The van der Waals surface area contributed by atoms with Gasteiger partial charge in [0, 0.05) is 10.9 Å². The predicted molar refractivity (Wildman–Crippen MR) is 91.7 cm³/mol. The number of aryl methyl sites for hydroxylation is 1. The third kappa shape index (κ3) is 2.64. The van der Waals surface area contributed by atoms with Gasteiger partial charge in [-0.25, -0.2) is 8.42 Å². The van der Waals surface area contributed by atoms with Crippen LogP contribution in [0.3, 0.4) is 0 Å². The maximum atomic E-state index is 13.1. The molecule has 0 spiro atoms. The topological polar surface area (TPSA) is 80.5 Å². The Kier molecular flexibility index (Phi) is 3.93. The number of halogens is 1. The molecular formula is C16H15BrN2O3S. The van der Waals surface area contributed by atoms with Crippen molar-refractivity contribution in [2.45, 2.75) is 24.3 Å². The highest BCUT2D eigenvalue weighted by Crippen LogP contribution is 2.37. The number of nitrogens with two attached hydrogens (primary N) is 1. The van der Waals surface area contributed by atoms with Gasteiger partial charge in [0.15, 0.2) is 0 Å². The molecule has 1 aliphatic heterocycles. The summed E-state index contributed by atoms with van der Waals surface area (Å²) in [7, 11) is -3.87. The van der Waals surface area contributed by atoms with Crippen molar-refractivity contribution in [1.29, 1.82) is 0 Å². The van der Waals surface area contributed by atoms with Crippen LogP contribution in [0.4, 0.5) is 5.69 Å². The van der Waals surface area contributed by atoms with E-state index in [0.717, 1.165) is 19.9 Å². The fraction of sp³-hybridized carbons (Fsp3) is 0.188. The molecular weight excluding hydrogens is 380 g/mol.